The molecule has 1 atom stereocenters. The second kappa shape index (κ2) is 7.75. The molecule has 6 heteroatoms. The molecule has 1 unspecified atom stereocenters. The number of nitriles is 1. The van der Waals surface area contributed by atoms with E-state index in [0.717, 1.165) is 37.3 Å². The summed E-state index contributed by atoms with van der Waals surface area (Å²) in [7, 11) is 0. The first-order valence-electron chi connectivity index (χ1n) is 8.49. The van der Waals surface area contributed by atoms with E-state index in [1.807, 2.05) is 31.2 Å². The Morgan fingerprint density at radius 2 is 2.28 bits per heavy atom. The van der Waals surface area contributed by atoms with Gasteiger partial charge in [-0.3, -0.25) is 9.78 Å². The smallest absolute Gasteiger partial charge is 0.270 e. The van der Waals surface area contributed by atoms with Crippen molar-refractivity contribution in [1.82, 2.24) is 15.3 Å². The lowest BCUT2D eigenvalue weighted by Crippen LogP contribution is -2.41. The summed E-state index contributed by atoms with van der Waals surface area (Å²) in [6.45, 7) is 4.25. The Morgan fingerprint density at radius 1 is 1.40 bits per heavy atom. The van der Waals surface area contributed by atoms with E-state index in [0.29, 0.717) is 23.9 Å². The number of anilines is 1. The molecule has 0 bridgehead atoms. The quantitative estimate of drug-likeness (QED) is 0.927. The molecule has 128 valence electrons. The lowest BCUT2D eigenvalue weighted by atomic mass is 9.98. The van der Waals surface area contributed by atoms with E-state index in [-0.39, 0.29) is 5.91 Å². The summed E-state index contributed by atoms with van der Waals surface area (Å²) >= 11 is 0. The van der Waals surface area contributed by atoms with Crippen LogP contribution in [-0.2, 0) is 0 Å². The molecular weight excluding hydrogens is 314 g/mol. The third-order valence-corrected chi connectivity index (χ3v) is 4.47. The van der Waals surface area contributed by atoms with Gasteiger partial charge in [-0.15, -0.1) is 0 Å². The molecule has 6 nitrogen and oxygen atoms in total. The van der Waals surface area contributed by atoms with Crippen molar-refractivity contribution >= 4 is 11.7 Å². The number of piperidine rings is 1. The average Bonchev–Trinajstić information content (AvgIpc) is 2.67. The second-order valence-corrected chi connectivity index (χ2v) is 6.33. The van der Waals surface area contributed by atoms with Crippen LogP contribution < -0.4 is 10.2 Å². The first kappa shape index (κ1) is 16.9. The number of carbonyl (C=O) groups excluding carboxylic acids is 1. The van der Waals surface area contributed by atoms with Gasteiger partial charge in [0, 0.05) is 25.8 Å². The van der Waals surface area contributed by atoms with E-state index >= 15 is 0 Å². The molecule has 0 aromatic carbocycles. The zero-order chi connectivity index (χ0) is 17.6. The number of hydrogen-bond acceptors (Lipinski definition) is 5. The summed E-state index contributed by atoms with van der Waals surface area (Å²) < 4.78 is 0. The van der Waals surface area contributed by atoms with Gasteiger partial charge in [0.1, 0.15) is 23.3 Å². The molecule has 1 amide bonds. The molecule has 1 aliphatic rings. The van der Waals surface area contributed by atoms with Crippen LogP contribution in [0.3, 0.4) is 0 Å². The van der Waals surface area contributed by atoms with Gasteiger partial charge in [-0.25, -0.2) is 4.98 Å². The SMILES string of the molecule is Cc1cccnc1C(=O)NCC1CCCN(c2cccc(C#N)n2)C1. The molecule has 0 saturated carbocycles. The lowest BCUT2D eigenvalue weighted by Gasteiger charge is -2.33. The van der Waals surface area contributed by atoms with E-state index in [4.69, 9.17) is 5.26 Å². The van der Waals surface area contributed by atoms with E-state index in [9.17, 15) is 4.79 Å². The summed E-state index contributed by atoms with van der Waals surface area (Å²) in [6, 6.07) is 11.3. The highest BCUT2D eigenvalue weighted by Gasteiger charge is 2.22. The van der Waals surface area contributed by atoms with Gasteiger partial charge < -0.3 is 10.2 Å². The minimum absolute atomic E-state index is 0.125. The molecule has 0 radical (unpaired) electrons. The van der Waals surface area contributed by atoms with Crippen molar-refractivity contribution in [3.05, 3.63) is 53.5 Å². The topological polar surface area (TPSA) is 81.9 Å². The van der Waals surface area contributed by atoms with E-state index in [1.165, 1.54) is 0 Å². The standard InChI is InChI=1S/C19H21N5O/c1-14-5-3-9-21-18(14)19(25)22-12-15-6-4-10-24(13-15)17-8-2-7-16(11-20)23-17/h2-3,5,7-9,15H,4,6,10,12-13H2,1H3,(H,22,25). The molecule has 2 aromatic heterocycles. The van der Waals surface area contributed by atoms with Crippen LogP contribution in [0.2, 0.25) is 0 Å². The maximum absolute atomic E-state index is 12.3. The zero-order valence-electron chi connectivity index (χ0n) is 14.3. The molecule has 1 aliphatic heterocycles. The van der Waals surface area contributed by atoms with Gasteiger partial charge in [-0.1, -0.05) is 12.1 Å². The van der Waals surface area contributed by atoms with Crippen LogP contribution in [0.5, 0.6) is 0 Å². The van der Waals surface area contributed by atoms with Gasteiger partial charge >= 0.3 is 0 Å². The van der Waals surface area contributed by atoms with Crippen molar-refractivity contribution in [3.8, 4) is 6.07 Å². The Bertz CT molecular complexity index is 798. The minimum Gasteiger partial charge on any atom is -0.356 e. The summed E-state index contributed by atoms with van der Waals surface area (Å²) in [5.41, 5.74) is 1.79. The Hall–Kier alpha value is -2.94. The monoisotopic (exact) mass is 335 g/mol. The molecule has 2 aromatic rings. The molecule has 0 spiro atoms. The fourth-order valence-electron chi connectivity index (χ4n) is 3.15. The molecule has 1 saturated heterocycles. The van der Waals surface area contributed by atoms with Crippen LogP contribution in [0.15, 0.2) is 36.5 Å². The fourth-order valence-corrected chi connectivity index (χ4v) is 3.15. The van der Waals surface area contributed by atoms with Gasteiger partial charge in [0.2, 0.25) is 0 Å². The average molecular weight is 335 g/mol. The number of amides is 1. The highest BCUT2D eigenvalue weighted by Crippen LogP contribution is 2.21. The van der Waals surface area contributed by atoms with Gasteiger partial charge in [-0.2, -0.15) is 5.26 Å². The van der Waals surface area contributed by atoms with Crippen molar-refractivity contribution in [3.63, 3.8) is 0 Å². The molecular formula is C19H21N5O. The maximum atomic E-state index is 12.3. The fraction of sp³-hybridized carbons (Fsp3) is 0.368. The summed E-state index contributed by atoms with van der Waals surface area (Å²) in [5, 5.41) is 12.0. The summed E-state index contributed by atoms with van der Waals surface area (Å²) in [5.74, 6) is 1.06. The largest absolute Gasteiger partial charge is 0.356 e. The highest BCUT2D eigenvalue weighted by molar-refractivity contribution is 5.93. The molecule has 0 aliphatic carbocycles. The normalized spacial score (nSPS) is 17.0. The zero-order valence-corrected chi connectivity index (χ0v) is 14.3. The minimum atomic E-state index is -0.125. The Morgan fingerprint density at radius 3 is 3.08 bits per heavy atom. The molecule has 1 N–H and O–H groups in total. The van der Waals surface area contributed by atoms with Crippen LogP contribution >= 0.6 is 0 Å². The third-order valence-electron chi connectivity index (χ3n) is 4.47. The first-order chi connectivity index (χ1) is 12.2. The number of aryl methyl sites for hydroxylation is 1. The van der Waals surface area contributed by atoms with E-state index in [2.05, 4.69) is 26.3 Å². The molecule has 1 fully saturated rings. The van der Waals surface area contributed by atoms with Crippen LogP contribution in [0.1, 0.15) is 34.6 Å². The number of nitrogens with one attached hydrogen (secondary N) is 1. The number of pyridine rings is 2. The van der Waals surface area contributed by atoms with Gasteiger partial charge in [-0.05, 0) is 49.4 Å². The van der Waals surface area contributed by atoms with E-state index in [1.54, 1.807) is 12.3 Å². The lowest BCUT2D eigenvalue weighted by molar-refractivity contribution is 0.0940. The molecule has 3 heterocycles. The van der Waals surface area contributed by atoms with E-state index < -0.39 is 0 Å². The second-order valence-electron chi connectivity index (χ2n) is 6.33. The predicted octanol–water partition coefficient (Wildman–Crippen LogP) is 2.30. The third kappa shape index (κ3) is 4.13. The summed E-state index contributed by atoms with van der Waals surface area (Å²) in [6.07, 6.45) is 3.75. The number of nitrogens with zero attached hydrogens (tertiary/aromatic N) is 4. The molecule has 3 rings (SSSR count). The van der Waals surface area contributed by atoms with Crippen molar-refractivity contribution in [2.45, 2.75) is 19.8 Å². The van der Waals surface area contributed by atoms with Crippen LogP contribution in [0, 0.1) is 24.2 Å². The number of hydrogen-bond donors (Lipinski definition) is 1. The Labute approximate surface area is 147 Å². The van der Waals surface area contributed by atoms with Gasteiger partial charge in [0.05, 0.1) is 0 Å². The van der Waals surface area contributed by atoms with Crippen LogP contribution in [0.25, 0.3) is 0 Å². The maximum Gasteiger partial charge on any atom is 0.270 e. The number of carbonyl (C=O) groups is 1. The van der Waals surface area contributed by atoms with Gasteiger partial charge in [0.15, 0.2) is 0 Å². The van der Waals surface area contributed by atoms with Crippen molar-refractivity contribution in [2.24, 2.45) is 5.92 Å². The number of rotatable bonds is 4. The first-order valence-corrected chi connectivity index (χ1v) is 8.49. The number of aromatic nitrogens is 2. The molecule has 25 heavy (non-hydrogen) atoms. The Balaban J connectivity index is 1.59. The van der Waals surface area contributed by atoms with Crippen molar-refractivity contribution < 1.29 is 4.79 Å². The van der Waals surface area contributed by atoms with Gasteiger partial charge in [0.25, 0.3) is 5.91 Å². The van der Waals surface area contributed by atoms with Crippen molar-refractivity contribution in [2.75, 3.05) is 24.5 Å². The Kier molecular flexibility index (Phi) is 5.24. The van der Waals surface area contributed by atoms with Crippen LogP contribution in [-0.4, -0.2) is 35.5 Å². The highest BCUT2D eigenvalue weighted by atomic mass is 16.1. The predicted molar refractivity (Wildman–Crippen MR) is 95.2 cm³/mol. The van der Waals surface area contributed by atoms with Crippen molar-refractivity contribution in [1.29, 1.82) is 5.26 Å². The summed E-state index contributed by atoms with van der Waals surface area (Å²) in [4.78, 5) is 23.0. The van der Waals surface area contributed by atoms with Crippen LogP contribution in [0.4, 0.5) is 5.82 Å².